The van der Waals surface area contributed by atoms with E-state index in [4.69, 9.17) is 21.1 Å². The first kappa shape index (κ1) is 15.5. The van der Waals surface area contributed by atoms with Crippen molar-refractivity contribution in [1.82, 2.24) is 4.98 Å². The molecule has 1 aliphatic heterocycles. The van der Waals surface area contributed by atoms with Crippen LogP contribution in [0.1, 0.15) is 12.8 Å². The lowest BCUT2D eigenvalue weighted by Gasteiger charge is -2.34. The molecule has 1 aliphatic rings. The molecule has 22 heavy (non-hydrogen) atoms. The Hall–Kier alpha value is -1.36. The molecule has 5 heteroatoms. The van der Waals surface area contributed by atoms with Gasteiger partial charge in [0.25, 0.3) is 0 Å². The maximum atomic E-state index is 6.06. The summed E-state index contributed by atoms with van der Waals surface area (Å²) in [5, 5.41) is 1.88. The van der Waals surface area contributed by atoms with Gasteiger partial charge in [0.05, 0.1) is 24.8 Å². The summed E-state index contributed by atoms with van der Waals surface area (Å²) < 4.78 is 10.9. The third-order valence-corrected chi connectivity index (χ3v) is 4.34. The Morgan fingerprint density at radius 3 is 2.82 bits per heavy atom. The van der Waals surface area contributed by atoms with E-state index in [-0.39, 0.29) is 0 Å². The van der Waals surface area contributed by atoms with Crippen LogP contribution in [0, 0.1) is 0 Å². The van der Waals surface area contributed by atoms with Crippen molar-refractivity contribution in [3.63, 3.8) is 0 Å². The number of ether oxygens (including phenoxy) is 2. The van der Waals surface area contributed by atoms with Gasteiger partial charge in [0, 0.05) is 42.5 Å². The molecular weight excluding hydrogens is 300 g/mol. The number of hydrogen-bond acceptors (Lipinski definition) is 4. The largest absolute Gasteiger partial charge is 0.382 e. The number of piperidine rings is 1. The Bertz CT molecular complexity index is 627. The maximum absolute atomic E-state index is 6.06. The number of aromatic nitrogens is 1. The van der Waals surface area contributed by atoms with Crippen molar-refractivity contribution in [3.05, 3.63) is 35.5 Å². The number of hydrogen-bond donors (Lipinski definition) is 0. The van der Waals surface area contributed by atoms with Gasteiger partial charge in [0.15, 0.2) is 0 Å². The first-order chi connectivity index (χ1) is 10.8. The second-order valence-corrected chi connectivity index (χ2v) is 5.98. The topological polar surface area (TPSA) is 34.6 Å². The highest BCUT2D eigenvalue weighted by Gasteiger charge is 2.21. The monoisotopic (exact) mass is 320 g/mol. The highest BCUT2D eigenvalue weighted by molar-refractivity contribution is 6.31. The third kappa shape index (κ3) is 3.51. The molecule has 0 spiro atoms. The van der Waals surface area contributed by atoms with Crippen molar-refractivity contribution in [3.8, 4) is 0 Å². The maximum Gasteiger partial charge on any atom is 0.0737 e. The molecule has 0 bridgehead atoms. The molecule has 4 nitrogen and oxygen atoms in total. The van der Waals surface area contributed by atoms with Crippen LogP contribution >= 0.6 is 11.6 Å². The van der Waals surface area contributed by atoms with E-state index in [0.29, 0.717) is 19.3 Å². The lowest BCUT2D eigenvalue weighted by atomic mass is 10.1. The van der Waals surface area contributed by atoms with Crippen LogP contribution in [-0.4, -0.2) is 44.5 Å². The van der Waals surface area contributed by atoms with Crippen LogP contribution in [0.3, 0.4) is 0 Å². The molecule has 1 saturated heterocycles. The number of anilines is 1. The van der Waals surface area contributed by atoms with E-state index >= 15 is 0 Å². The standard InChI is InChI=1S/C17H21ClN2O2/c1-21-10-11-22-14-5-8-20(9-6-14)17-4-7-19-16-12-13(18)2-3-15(16)17/h2-4,7,12,14H,5-6,8-11H2,1H3. The van der Waals surface area contributed by atoms with Gasteiger partial charge < -0.3 is 14.4 Å². The summed E-state index contributed by atoms with van der Waals surface area (Å²) in [7, 11) is 1.70. The summed E-state index contributed by atoms with van der Waals surface area (Å²) in [5.41, 5.74) is 2.18. The Kier molecular flexibility index (Phi) is 5.13. The van der Waals surface area contributed by atoms with Gasteiger partial charge in [-0.25, -0.2) is 0 Å². The molecular formula is C17H21ClN2O2. The normalized spacial score (nSPS) is 16.4. The molecule has 2 aromatic rings. The van der Waals surface area contributed by atoms with Gasteiger partial charge >= 0.3 is 0 Å². The number of fused-ring (bicyclic) bond motifs is 1. The van der Waals surface area contributed by atoms with Crippen molar-refractivity contribution in [2.75, 3.05) is 38.3 Å². The first-order valence-electron chi connectivity index (χ1n) is 7.67. The molecule has 1 fully saturated rings. The molecule has 0 atom stereocenters. The second kappa shape index (κ2) is 7.27. The Morgan fingerprint density at radius 2 is 2.05 bits per heavy atom. The molecule has 0 N–H and O–H groups in total. The van der Waals surface area contributed by atoms with Crippen molar-refractivity contribution in [2.24, 2.45) is 0 Å². The Labute approximate surface area is 136 Å². The summed E-state index contributed by atoms with van der Waals surface area (Å²) in [6.45, 7) is 3.34. The predicted octanol–water partition coefficient (Wildman–Crippen LogP) is 3.52. The van der Waals surface area contributed by atoms with Gasteiger partial charge in [0.1, 0.15) is 0 Å². The van der Waals surface area contributed by atoms with Gasteiger partial charge in [-0.3, -0.25) is 4.98 Å². The van der Waals surface area contributed by atoms with Gasteiger partial charge in [-0.2, -0.15) is 0 Å². The predicted molar refractivity (Wildman–Crippen MR) is 89.8 cm³/mol. The van der Waals surface area contributed by atoms with Crippen molar-refractivity contribution in [1.29, 1.82) is 0 Å². The van der Waals surface area contributed by atoms with E-state index in [1.54, 1.807) is 7.11 Å². The summed E-state index contributed by atoms with van der Waals surface area (Å²) in [5.74, 6) is 0. The van der Waals surface area contributed by atoms with Crippen LogP contribution in [0.2, 0.25) is 5.02 Å². The number of halogens is 1. The van der Waals surface area contributed by atoms with E-state index in [2.05, 4.69) is 22.0 Å². The fourth-order valence-corrected chi connectivity index (χ4v) is 3.11. The van der Waals surface area contributed by atoms with Crippen LogP contribution in [0.15, 0.2) is 30.5 Å². The lowest BCUT2D eigenvalue weighted by molar-refractivity contribution is 0.00612. The third-order valence-electron chi connectivity index (χ3n) is 4.11. The Balaban J connectivity index is 1.69. The summed E-state index contributed by atoms with van der Waals surface area (Å²) in [6, 6.07) is 7.99. The number of benzene rings is 1. The second-order valence-electron chi connectivity index (χ2n) is 5.54. The highest BCUT2D eigenvalue weighted by Crippen LogP contribution is 2.29. The van der Waals surface area contributed by atoms with Crippen LogP contribution in [0.5, 0.6) is 0 Å². The van der Waals surface area contributed by atoms with E-state index in [0.717, 1.165) is 41.9 Å². The number of rotatable bonds is 5. The zero-order valence-electron chi connectivity index (χ0n) is 12.8. The van der Waals surface area contributed by atoms with E-state index < -0.39 is 0 Å². The van der Waals surface area contributed by atoms with E-state index in [1.807, 2.05) is 18.3 Å². The van der Waals surface area contributed by atoms with E-state index in [9.17, 15) is 0 Å². The van der Waals surface area contributed by atoms with Gasteiger partial charge in [0.2, 0.25) is 0 Å². The molecule has 0 amide bonds. The summed E-state index contributed by atoms with van der Waals surface area (Å²) >= 11 is 6.06. The zero-order chi connectivity index (χ0) is 15.4. The fourth-order valence-electron chi connectivity index (χ4n) is 2.94. The quantitative estimate of drug-likeness (QED) is 0.790. The van der Waals surface area contributed by atoms with Crippen molar-refractivity contribution < 1.29 is 9.47 Å². The summed E-state index contributed by atoms with van der Waals surface area (Å²) in [6.07, 6.45) is 4.28. The van der Waals surface area contributed by atoms with Crippen LogP contribution < -0.4 is 4.90 Å². The van der Waals surface area contributed by atoms with Gasteiger partial charge in [-0.15, -0.1) is 0 Å². The van der Waals surface area contributed by atoms with Crippen molar-refractivity contribution in [2.45, 2.75) is 18.9 Å². The smallest absolute Gasteiger partial charge is 0.0737 e. The Morgan fingerprint density at radius 1 is 1.23 bits per heavy atom. The zero-order valence-corrected chi connectivity index (χ0v) is 13.6. The molecule has 1 aromatic heterocycles. The minimum Gasteiger partial charge on any atom is -0.382 e. The van der Waals surface area contributed by atoms with Crippen molar-refractivity contribution >= 4 is 28.2 Å². The molecule has 0 radical (unpaired) electrons. The molecule has 118 valence electrons. The lowest BCUT2D eigenvalue weighted by Crippen LogP contribution is -2.37. The van der Waals surface area contributed by atoms with Gasteiger partial charge in [-0.1, -0.05) is 11.6 Å². The number of pyridine rings is 1. The number of nitrogens with zero attached hydrogens (tertiary/aromatic N) is 2. The highest BCUT2D eigenvalue weighted by atomic mass is 35.5. The molecule has 0 unspecified atom stereocenters. The average molecular weight is 321 g/mol. The minimum absolute atomic E-state index is 0.342. The van der Waals surface area contributed by atoms with Gasteiger partial charge in [-0.05, 0) is 37.1 Å². The van der Waals surface area contributed by atoms with Crippen LogP contribution in [-0.2, 0) is 9.47 Å². The molecule has 0 saturated carbocycles. The molecule has 3 rings (SSSR count). The summed E-state index contributed by atoms with van der Waals surface area (Å²) in [4.78, 5) is 6.82. The fraction of sp³-hybridized carbons (Fsp3) is 0.471. The van der Waals surface area contributed by atoms with Crippen LogP contribution in [0.4, 0.5) is 5.69 Å². The molecule has 1 aromatic carbocycles. The first-order valence-corrected chi connectivity index (χ1v) is 8.05. The molecule has 2 heterocycles. The average Bonchev–Trinajstić information content (AvgIpc) is 2.55. The molecule has 0 aliphatic carbocycles. The minimum atomic E-state index is 0.342. The SMILES string of the molecule is COCCOC1CCN(c2ccnc3cc(Cl)ccc23)CC1. The number of methoxy groups -OCH3 is 1. The van der Waals surface area contributed by atoms with Crippen LogP contribution in [0.25, 0.3) is 10.9 Å². The van der Waals surface area contributed by atoms with E-state index in [1.165, 1.54) is 5.69 Å².